The predicted octanol–water partition coefficient (Wildman–Crippen LogP) is 8.29. The topological polar surface area (TPSA) is 125 Å². The zero-order chi connectivity index (χ0) is 41.8. The summed E-state index contributed by atoms with van der Waals surface area (Å²) in [6.07, 6.45) is -0.0635. The SMILES string of the molecule is CC[C@H]1OC(=O)[C@H](C)[C@@H](O[Si](C)(C)C)[C@H](C)[C@@H](OC2O[C@H](C)C[C@H](C)[C@H]2O[Si](C)(C)C)[C@@](C)(OC)C[C@@H](C)C(=O)C(COC(C)=O)=C[C@]1(C)O[Si](C)(C)C. The highest BCUT2D eigenvalue weighted by Gasteiger charge is 2.51. The Bertz CT molecular complexity index is 1310. The van der Waals surface area contributed by atoms with E-state index < -0.39 is 90.4 Å². The molecule has 2 rings (SSSR count). The van der Waals surface area contributed by atoms with Gasteiger partial charge >= 0.3 is 11.9 Å². The number of hydrogen-bond donors (Lipinski definition) is 0. The van der Waals surface area contributed by atoms with Crippen LogP contribution in [0.2, 0.25) is 58.9 Å². The van der Waals surface area contributed by atoms with Crippen LogP contribution in [0.1, 0.15) is 81.6 Å². The quantitative estimate of drug-likeness (QED) is 0.140. The molecule has 0 radical (unpaired) electrons. The molecule has 0 bridgehead atoms. The average molecular weight is 817 g/mol. The van der Waals surface area contributed by atoms with Crippen LogP contribution in [0.5, 0.6) is 0 Å². The van der Waals surface area contributed by atoms with Crippen molar-refractivity contribution < 1.29 is 51.3 Å². The summed E-state index contributed by atoms with van der Waals surface area (Å²) >= 11 is 0. The summed E-state index contributed by atoms with van der Waals surface area (Å²) in [6, 6.07) is 0. The van der Waals surface area contributed by atoms with Gasteiger partial charge in [-0.1, -0.05) is 27.7 Å². The van der Waals surface area contributed by atoms with Crippen molar-refractivity contribution in [2.45, 2.75) is 189 Å². The first-order chi connectivity index (χ1) is 24.5. The van der Waals surface area contributed by atoms with Gasteiger partial charge in [-0.15, -0.1) is 0 Å². The van der Waals surface area contributed by atoms with Gasteiger partial charge in [0.1, 0.15) is 18.3 Å². The maximum atomic E-state index is 14.7. The number of methoxy groups -OCH3 is 1. The summed E-state index contributed by atoms with van der Waals surface area (Å²) in [6.45, 7) is 35.6. The lowest BCUT2D eigenvalue weighted by atomic mass is 9.76. The molecule has 0 aromatic carbocycles. The number of rotatable bonds is 12. The van der Waals surface area contributed by atoms with E-state index in [4.69, 9.17) is 37.0 Å². The van der Waals surface area contributed by atoms with Crippen molar-refractivity contribution in [2.75, 3.05) is 13.7 Å². The summed E-state index contributed by atoms with van der Waals surface area (Å²) in [5.74, 6) is -2.79. The van der Waals surface area contributed by atoms with Gasteiger partial charge < -0.3 is 37.0 Å². The zero-order valence-electron chi connectivity index (χ0n) is 37.2. The van der Waals surface area contributed by atoms with Crippen LogP contribution >= 0.6 is 0 Å². The van der Waals surface area contributed by atoms with Gasteiger partial charge in [0.05, 0.1) is 35.9 Å². The monoisotopic (exact) mass is 816 g/mol. The molecule has 0 aliphatic carbocycles. The number of hydrogen-bond acceptors (Lipinski definition) is 11. The maximum absolute atomic E-state index is 14.7. The molecule has 0 aromatic rings. The van der Waals surface area contributed by atoms with Crippen LogP contribution in [0.25, 0.3) is 0 Å². The second-order valence-corrected chi connectivity index (χ2v) is 32.6. The Morgan fingerprint density at radius 2 is 1.44 bits per heavy atom. The maximum Gasteiger partial charge on any atom is 0.311 e. The molecule has 54 heavy (non-hydrogen) atoms. The van der Waals surface area contributed by atoms with E-state index in [1.165, 1.54) is 6.92 Å². The second-order valence-electron chi connectivity index (χ2n) is 19.3. The van der Waals surface area contributed by atoms with Crippen LogP contribution in [-0.2, 0) is 51.3 Å². The number of Topliss-reactive ketones (excluding diaryl/α,β-unsaturated/α-hetero) is 1. The summed E-state index contributed by atoms with van der Waals surface area (Å²) in [5, 5.41) is 0. The molecule has 1 saturated heterocycles. The third-order valence-corrected chi connectivity index (χ3v) is 13.3. The summed E-state index contributed by atoms with van der Waals surface area (Å²) in [5.41, 5.74) is -2.02. The number of ether oxygens (including phenoxy) is 5. The van der Waals surface area contributed by atoms with Gasteiger partial charge in [0.2, 0.25) is 0 Å². The highest BCUT2D eigenvalue weighted by Crippen LogP contribution is 2.41. The minimum absolute atomic E-state index is 0.0785. The molecule has 0 N–H and O–H groups in total. The number of ketones is 1. The summed E-state index contributed by atoms with van der Waals surface area (Å²) in [7, 11) is -5.02. The Kier molecular flexibility index (Phi) is 17.2. The molecule has 1 fully saturated rings. The lowest BCUT2D eigenvalue weighted by Crippen LogP contribution is -2.59. The van der Waals surface area contributed by atoms with Gasteiger partial charge in [-0.05, 0) is 118 Å². The van der Waals surface area contributed by atoms with E-state index in [-0.39, 0.29) is 42.5 Å². The van der Waals surface area contributed by atoms with Crippen molar-refractivity contribution in [1.29, 1.82) is 0 Å². The Morgan fingerprint density at radius 1 is 0.889 bits per heavy atom. The Morgan fingerprint density at radius 3 is 1.93 bits per heavy atom. The smallest absolute Gasteiger partial charge is 0.311 e. The number of cyclic esters (lactones) is 1. The minimum atomic E-state index is -2.31. The van der Waals surface area contributed by atoms with Gasteiger partial charge in [0.15, 0.2) is 37.0 Å². The molecular formula is C40H76O11Si3. The van der Waals surface area contributed by atoms with Gasteiger partial charge in [0.25, 0.3) is 0 Å². The van der Waals surface area contributed by atoms with E-state index in [1.54, 1.807) is 13.2 Å². The molecule has 0 saturated carbocycles. The molecule has 314 valence electrons. The van der Waals surface area contributed by atoms with Gasteiger partial charge in [-0.25, -0.2) is 0 Å². The molecule has 1 unspecified atom stereocenters. The van der Waals surface area contributed by atoms with Gasteiger partial charge in [-0.3, -0.25) is 14.4 Å². The van der Waals surface area contributed by atoms with Crippen molar-refractivity contribution in [3.05, 3.63) is 11.6 Å². The first kappa shape index (κ1) is 48.9. The molecule has 11 nitrogen and oxygen atoms in total. The van der Waals surface area contributed by atoms with E-state index >= 15 is 0 Å². The van der Waals surface area contributed by atoms with E-state index in [0.29, 0.717) is 6.42 Å². The van der Waals surface area contributed by atoms with Crippen molar-refractivity contribution in [1.82, 2.24) is 0 Å². The van der Waals surface area contributed by atoms with Gasteiger partial charge in [-0.2, -0.15) is 0 Å². The fourth-order valence-corrected chi connectivity index (χ4v) is 12.0. The number of esters is 2. The third kappa shape index (κ3) is 14.0. The Balaban J connectivity index is 2.95. The Labute approximate surface area is 330 Å². The molecular weight excluding hydrogens is 741 g/mol. The highest BCUT2D eigenvalue weighted by atomic mass is 28.4. The van der Waals surface area contributed by atoms with Crippen molar-refractivity contribution >= 4 is 42.7 Å². The molecule has 12 atom stereocenters. The second kappa shape index (κ2) is 19.0. The van der Waals surface area contributed by atoms with Gasteiger partial charge in [0, 0.05) is 31.4 Å². The van der Waals surface area contributed by atoms with Crippen LogP contribution in [0.4, 0.5) is 0 Å². The van der Waals surface area contributed by atoms with E-state index in [2.05, 4.69) is 46.2 Å². The van der Waals surface area contributed by atoms with Crippen LogP contribution < -0.4 is 0 Å². The summed E-state index contributed by atoms with van der Waals surface area (Å²) < 4.78 is 52.6. The van der Waals surface area contributed by atoms with E-state index in [1.807, 2.05) is 68.1 Å². The van der Waals surface area contributed by atoms with Crippen LogP contribution in [0, 0.1) is 23.7 Å². The normalized spacial score (nSPS) is 36.9. The lowest BCUT2D eigenvalue weighted by Gasteiger charge is -2.49. The average Bonchev–Trinajstić information content (AvgIpc) is 3.01. The Hall–Kier alpha value is -1.24. The first-order valence-electron chi connectivity index (χ1n) is 20.0. The molecule has 14 heteroatoms. The predicted molar refractivity (Wildman–Crippen MR) is 220 cm³/mol. The highest BCUT2D eigenvalue weighted by molar-refractivity contribution is 6.70. The van der Waals surface area contributed by atoms with Crippen LogP contribution in [-0.4, -0.2) is 104 Å². The number of carbonyl (C=O) groups excluding carboxylic acids is 3. The molecule has 0 aromatic heterocycles. The molecule has 2 aliphatic rings. The van der Waals surface area contributed by atoms with E-state index in [9.17, 15) is 14.4 Å². The van der Waals surface area contributed by atoms with E-state index in [0.717, 1.165) is 6.42 Å². The molecule has 0 spiro atoms. The fraction of sp³-hybridized carbons (Fsp3) is 0.875. The van der Waals surface area contributed by atoms with Crippen LogP contribution in [0.15, 0.2) is 11.6 Å². The molecule has 2 aliphatic heterocycles. The molecule has 0 amide bonds. The minimum Gasteiger partial charge on any atom is -0.461 e. The summed E-state index contributed by atoms with van der Waals surface area (Å²) in [4.78, 5) is 41.2. The molecule has 2 heterocycles. The third-order valence-electron chi connectivity index (χ3n) is 10.2. The van der Waals surface area contributed by atoms with Crippen molar-refractivity contribution in [2.24, 2.45) is 23.7 Å². The lowest BCUT2D eigenvalue weighted by molar-refractivity contribution is -0.297. The standard InChI is InChI=1S/C40H76O11Si3/c1-20-32-39(8,51-54(17,18)19)23-31(24-45-30(7)41)33(42)26(3)22-40(9,44-10)36(28(5)35(50-53(14,15)16)29(6)37(43)47-32)48-38-34(49-52(11,12)13)25(2)21-27(4)46-38/h23,25-29,32,34-36,38H,20-22,24H2,1-19H3/t25-,26+,27+,28-,29+,32+,34+,35-,36+,38?,39-,40-/m0/s1. The van der Waals surface area contributed by atoms with Crippen molar-refractivity contribution in [3.8, 4) is 0 Å². The zero-order valence-corrected chi connectivity index (χ0v) is 40.2. The van der Waals surface area contributed by atoms with Crippen molar-refractivity contribution in [3.63, 3.8) is 0 Å². The largest absolute Gasteiger partial charge is 0.461 e. The van der Waals surface area contributed by atoms with Crippen LogP contribution in [0.3, 0.4) is 0 Å². The number of carbonyl (C=O) groups is 3. The first-order valence-corrected chi connectivity index (χ1v) is 30.2. The fourth-order valence-electron chi connectivity index (χ4n) is 8.07.